The van der Waals surface area contributed by atoms with Crippen LogP contribution >= 0.6 is 0 Å². The fourth-order valence-electron chi connectivity index (χ4n) is 6.63. The Bertz CT molecular complexity index is 995. The summed E-state index contributed by atoms with van der Waals surface area (Å²) in [5.74, 6) is 0.117. The normalized spacial score (nSPS) is 29.9. The first-order valence-corrected chi connectivity index (χ1v) is 15.2. The summed E-state index contributed by atoms with van der Waals surface area (Å²) in [5.41, 5.74) is 0.592. The standard InChI is InChI=1S/C31H49N5O4/c1-22(2)36-14-10-25-17-28(38)33-23(3)27(37)18-29(39)34-31(19-30(40)32-13-9-26(25)21-36)11-15-35(16-12-31)20-24-7-5-4-6-8-24/h4-8,22-23,25-27,37H,9-21H2,1-3H3,(H,32,40)(H,33,38)(H,34,39)/t23-,25-,26-,27-/m0/s1. The molecule has 3 aliphatic heterocycles. The van der Waals surface area contributed by atoms with Crippen LogP contribution in [0.3, 0.4) is 0 Å². The van der Waals surface area contributed by atoms with Crippen molar-refractivity contribution in [1.29, 1.82) is 0 Å². The third-order valence-corrected chi connectivity index (χ3v) is 9.26. The molecule has 0 saturated carbocycles. The number of amides is 3. The molecule has 1 aromatic rings. The van der Waals surface area contributed by atoms with Gasteiger partial charge in [-0.15, -0.1) is 0 Å². The lowest BCUT2D eigenvalue weighted by molar-refractivity contribution is -0.130. The Labute approximate surface area is 239 Å². The van der Waals surface area contributed by atoms with E-state index in [1.165, 1.54) is 5.56 Å². The molecule has 0 bridgehead atoms. The number of likely N-dealkylation sites (tertiary alicyclic amines) is 2. The summed E-state index contributed by atoms with van der Waals surface area (Å²) in [5, 5.41) is 20.0. The summed E-state index contributed by atoms with van der Waals surface area (Å²) in [4.78, 5) is 44.1. The predicted octanol–water partition coefficient (Wildman–Crippen LogP) is 2.04. The van der Waals surface area contributed by atoms with Crippen molar-refractivity contribution >= 4 is 17.7 Å². The van der Waals surface area contributed by atoms with Gasteiger partial charge in [0.15, 0.2) is 0 Å². The Morgan fingerprint density at radius 2 is 1.68 bits per heavy atom. The highest BCUT2D eigenvalue weighted by atomic mass is 16.3. The van der Waals surface area contributed by atoms with Crippen LogP contribution < -0.4 is 16.0 Å². The second kappa shape index (κ2) is 13.9. The number of aliphatic hydroxyl groups excluding tert-OH is 1. The molecule has 3 heterocycles. The first-order chi connectivity index (χ1) is 19.1. The number of nitrogens with one attached hydrogen (secondary N) is 3. The number of hydrogen-bond donors (Lipinski definition) is 4. The molecule has 0 unspecified atom stereocenters. The van der Waals surface area contributed by atoms with E-state index in [1.54, 1.807) is 6.92 Å². The maximum atomic E-state index is 13.2. The Hall–Kier alpha value is -2.49. The molecule has 0 aliphatic carbocycles. The highest BCUT2D eigenvalue weighted by molar-refractivity contribution is 5.81. The zero-order chi connectivity index (χ0) is 28.7. The van der Waals surface area contributed by atoms with Gasteiger partial charge in [-0.2, -0.15) is 0 Å². The summed E-state index contributed by atoms with van der Waals surface area (Å²) in [6, 6.07) is 10.2. The summed E-state index contributed by atoms with van der Waals surface area (Å²) in [6.07, 6.45) is 2.59. The second-order valence-electron chi connectivity index (χ2n) is 12.6. The van der Waals surface area contributed by atoms with E-state index >= 15 is 0 Å². The first-order valence-electron chi connectivity index (χ1n) is 15.2. The largest absolute Gasteiger partial charge is 0.390 e. The molecule has 40 heavy (non-hydrogen) atoms. The van der Waals surface area contributed by atoms with E-state index in [9.17, 15) is 19.5 Å². The van der Waals surface area contributed by atoms with Gasteiger partial charge in [0.25, 0.3) is 0 Å². The Kier molecular flexibility index (Phi) is 10.6. The Morgan fingerprint density at radius 1 is 0.950 bits per heavy atom. The maximum absolute atomic E-state index is 13.2. The van der Waals surface area contributed by atoms with Crippen molar-refractivity contribution in [3.05, 3.63) is 35.9 Å². The monoisotopic (exact) mass is 555 g/mol. The van der Waals surface area contributed by atoms with E-state index in [4.69, 9.17) is 0 Å². The zero-order valence-electron chi connectivity index (χ0n) is 24.5. The van der Waals surface area contributed by atoms with Gasteiger partial charge in [-0.25, -0.2) is 0 Å². The van der Waals surface area contributed by atoms with Gasteiger partial charge in [0.2, 0.25) is 17.7 Å². The third kappa shape index (κ3) is 8.51. The zero-order valence-corrected chi connectivity index (χ0v) is 24.5. The third-order valence-electron chi connectivity index (χ3n) is 9.26. The van der Waals surface area contributed by atoms with E-state index < -0.39 is 17.7 Å². The van der Waals surface area contributed by atoms with Crippen LogP contribution in [-0.4, -0.2) is 89.1 Å². The molecule has 4 N–H and O–H groups in total. The van der Waals surface area contributed by atoms with Gasteiger partial charge in [0.05, 0.1) is 24.1 Å². The minimum atomic E-state index is -1.00. The molecule has 1 aromatic carbocycles. The van der Waals surface area contributed by atoms with Crippen molar-refractivity contribution in [2.75, 3.05) is 32.7 Å². The number of carbonyl (C=O) groups excluding carboxylic acids is 3. The number of hydrogen-bond acceptors (Lipinski definition) is 6. The molecular weight excluding hydrogens is 506 g/mol. The Balaban J connectivity index is 1.45. The molecule has 3 saturated heterocycles. The molecular formula is C31H49N5O4. The van der Waals surface area contributed by atoms with Gasteiger partial charge in [-0.3, -0.25) is 19.3 Å². The van der Waals surface area contributed by atoms with E-state index in [2.05, 4.69) is 51.7 Å². The van der Waals surface area contributed by atoms with Gasteiger partial charge >= 0.3 is 0 Å². The van der Waals surface area contributed by atoms with Crippen LogP contribution in [0.4, 0.5) is 0 Å². The van der Waals surface area contributed by atoms with Crippen molar-refractivity contribution in [2.45, 2.75) is 96.0 Å². The molecule has 9 nitrogen and oxygen atoms in total. The SMILES string of the molecule is CC(C)N1CC[C@H]2CC(=O)N[C@@H](C)[C@@H](O)CC(=O)NC3(CCN(Cc4ccccc4)CC3)CC(=O)NCC[C@H]2C1. The predicted molar refractivity (Wildman–Crippen MR) is 155 cm³/mol. The van der Waals surface area contributed by atoms with Gasteiger partial charge in [-0.05, 0) is 70.4 Å². The molecule has 222 valence electrons. The van der Waals surface area contributed by atoms with Crippen LogP contribution in [0.2, 0.25) is 0 Å². The molecule has 4 atom stereocenters. The van der Waals surface area contributed by atoms with Gasteiger partial charge in [0.1, 0.15) is 0 Å². The highest BCUT2D eigenvalue weighted by Gasteiger charge is 2.39. The van der Waals surface area contributed by atoms with E-state index in [1.807, 2.05) is 18.2 Å². The number of aliphatic hydroxyl groups is 1. The van der Waals surface area contributed by atoms with Crippen LogP contribution in [-0.2, 0) is 20.9 Å². The van der Waals surface area contributed by atoms with Crippen LogP contribution in [0.5, 0.6) is 0 Å². The number of carbonyl (C=O) groups is 3. The maximum Gasteiger partial charge on any atom is 0.223 e. The summed E-state index contributed by atoms with van der Waals surface area (Å²) < 4.78 is 0. The van der Waals surface area contributed by atoms with Crippen LogP contribution in [0.1, 0.15) is 71.3 Å². The molecule has 3 amide bonds. The summed E-state index contributed by atoms with van der Waals surface area (Å²) in [6.45, 7) is 11.0. The van der Waals surface area contributed by atoms with Gasteiger partial charge in [0, 0.05) is 51.6 Å². The van der Waals surface area contributed by atoms with E-state index in [0.717, 1.165) is 45.6 Å². The fraction of sp³-hybridized carbons (Fsp3) is 0.710. The highest BCUT2D eigenvalue weighted by Crippen LogP contribution is 2.31. The number of fused-ring (bicyclic) bond motifs is 1. The average Bonchev–Trinajstić information content (AvgIpc) is 2.90. The summed E-state index contributed by atoms with van der Waals surface area (Å²) >= 11 is 0. The van der Waals surface area contributed by atoms with Gasteiger partial charge in [-0.1, -0.05) is 30.3 Å². The number of benzene rings is 1. The quantitative estimate of drug-likeness (QED) is 0.454. The molecule has 9 heteroatoms. The van der Waals surface area contributed by atoms with Crippen LogP contribution in [0, 0.1) is 11.8 Å². The van der Waals surface area contributed by atoms with Crippen LogP contribution in [0.15, 0.2) is 30.3 Å². The molecule has 1 spiro atoms. The number of rotatable bonds is 3. The molecule has 3 aliphatic rings. The van der Waals surface area contributed by atoms with Crippen molar-refractivity contribution in [3.8, 4) is 0 Å². The average molecular weight is 556 g/mol. The van der Waals surface area contributed by atoms with Gasteiger partial charge < -0.3 is 26.0 Å². The smallest absolute Gasteiger partial charge is 0.223 e. The molecule has 0 aromatic heterocycles. The van der Waals surface area contributed by atoms with Crippen molar-refractivity contribution in [2.24, 2.45) is 11.8 Å². The number of nitrogens with zero attached hydrogens (tertiary/aromatic N) is 2. The van der Waals surface area contributed by atoms with E-state index in [0.29, 0.717) is 37.8 Å². The van der Waals surface area contributed by atoms with Crippen molar-refractivity contribution < 1.29 is 19.5 Å². The lowest BCUT2D eigenvalue weighted by Crippen LogP contribution is -2.58. The first kappa shape index (κ1) is 30.5. The molecule has 3 fully saturated rings. The lowest BCUT2D eigenvalue weighted by Gasteiger charge is -2.43. The Morgan fingerprint density at radius 3 is 2.38 bits per heavy atom. The second-order valence-corrected chi connectivity index (χ2v) is 12.6. The van der Waals surface area contributed by atoms with Crippen LogP contribution in [0.25, 0.3) is 0 Å². The topological polar surface area (TPSA) is 114 Å². The minimum absolute atomic E-state index is 0.0522. The van der Waals surface area contributed by atoms with Crippen molar-refractivity contribution in [1.82, 2.24) is 25.8 Å². The minimum Gasteiger partial charge on any atom is -0.390 e. The number of piperidine rings is 2. The fourth-order valence-corrected chi connectivity index (χ4v) is 6.63. The molecule has 0 radical (unpaired) electrons. The van der Waals surface area contributed by atoms with E-state index in [-0.39, 0.29) is 36.5 Å². The molecule has 4 rings (SSSR count). The summed E-state index contributed by atoms with van der Waals surface area (Å²) in [7, 11) is 0. The lowest BCUT2D eigenvalue weighted by atomic mass is 9.80. The van der Waals surface area contributed by atoms with Crippen molar-refractivity contribution in [3.63, 3.8) is 0 Å².